The molecule has 1 aliphatic rings. The third-order valence-electron chi connectivity index (χ3n) is 2.72. The first-order valence-corrected chi connectivity index (χ1v) is 4.36. The van der Waals surface area contributed by atoms with E-state index < -0.39 is 23.0 Å². The van der Waals surface area contributed by atoms with E-state index in [1.165, 1.54) is 0 Å². The van der Waals surface area contributed by atoms with E-state index in [4.69, 9.17) is 9.47 Å². The normalized spacial score (nSPS) is 29.5. The van der Waals surface area contributed by atoms with Crippen LogP contribution in [0.1, 0.15) is 20.8 Å². The predicted molar refractivity (Wildman–Crippen MR) is 49.4 cm³/mol. The van der Waals surface area contributed by atoms with Crippen LogP contribution in [0.4, 0.5) is 0 Å². The molecule has 0 amide bonds. The van der Waals surface area contributed by atoms with Crippen molar-refractivity contribution in [2.24, 2.45) is 5.41 Å². The summed E-state index contributed by atoms with van der Waals surface area (Å²) in [5, 5.41) is 0. The average molecular weight is 198 g/mol. The molecule has 78 valence electrons. The summed E-state index contributed by atoms with van der Waals surface area (Å²) in [5.41, 5.74) is -1.72. The van der Waals surface area contributed by atoms with E-state index in [0.29, 0.717) is 0 Å². The van der Waals surface area contributed by atoms with Gasteiger partial charge in [0, 0.05) is 11.5 Å². The highest BCUT2D eigenvalue weighted by Gasteiger charge is 2.57. The van der Waals surface area contributed by atoms with Crippen LogP contribution >= 0.6 is 0 Å². The standard InChI is InChI=1S/C10H14O4/c1-5-7(11)14-10(4)8(12)13-6-9(10,2)3/h5H,1,6H2,2-4H3. The molecular formula is C10H14O4. The Balaban J connectivity index is 2.95. The minimum Gasteiger partial charge on any atom is -0.462 e. The third kappa shape index (κ3) is 1.41. The van der Waals surface area contributed by atoms with E-state index in [-0.39, 0.29) is 6.61 Å². The van der Waals surface area contributed by atoms with E-state index in [9.17, 15) is 9.59 Å². The van der Waals surface area contributed by atoms with Gasteiger partial charge in [-0.15, -0.1) is 0 Å². The van der Waals surface area contributed by atoms with E-state index >= 15 is 0 Å². The van der Waals surface area contributed by atoms with Gasteiger partial charge in [0.15, 0.2) is 0 Å². The molecule has 1 atom stereocenters. The zero-order valence-electron chi connectivity index (χ0n) is 8.62. The lowest BCUT2D eigenvalue weighted by Gasteiger charge is -2.31. The minimum absolute atomic E-state index is 0.257. The second-order valence-corrected chi connectivity index (χ2v) is 4.12. The van der Waals surface area contributed by atoms with Gasteiger partial charge in [-0.2, -0.15) is 0 Å². The Labute approximate surface area is 82.9 Å². The Bertz CT molecular complexity index is 292. The molecule has 1 rings (SSSR count). The van der Waals surface area contributed by atoms with Gasteiger partial charge in [0.1, 0.15) is 6.61 Å². The number of ether oxygens (including phenoxy) is 2. The maximum atomic E-state index is 11.4. The van der Waals surface area contributed by atoms with Gasteiger partial charge >= 0.3 is 11.9 Å². The number of cyclic esters (lactones) is 1. The SMILES string of the molecule is C=CC(=O)OC1(C)C(=O)OCC1(C)C. The van der Waals surface area contributed by atoms with Gasteiger partial charge in [-0.05, 0) is 6.92 Å². The van der Waals surface area contributed by atoms with Crippen molar-refractivity contribution in [2.45, 2.75) is 26.4 Å². The van der Waals surface area contributed by atoms with Gasteiger partial charge in [-0.25, -0.2) is 9.59 Å². The maximum absolute atomic E-state index is 11.4. The first kappa shape index (κ1) is 10.8. The monoisotopic (exact) mass is 198 g/mol. The zero-order valence-corrected chi connectivity index (χ0v) is 8.62. The maximum Gasteiger partial charge on any atom is 0.351 e. The van der Waals surface area contributed by atoms with Crippen LogP contribution in [-0.4, -0.2) is 24.1 Å². The molecule has 0 spiro atoms. The van der Waals surface area contributed by atoms with Crippen LogP contribution < -0.4 is 0 Å². The molecule has 1 fully saturated rings. The molecule has 0 N–H and O–H groups in total. The first-order valence-electron chi connectivity index (χ1n) is 4.36. The van der Waals surface area contributed by atoms with E-state index in [0.717, 1.165) is 6.08 Å². The highest BCUT2D eigenvalue weighted by molar-refractivity contribution is 5.89. The number of carbonyl (C=O) groups is 2. The predicted octanol–water partition coefficient (Wildman–Crippen LogP) is 1.06. The fraction of sp³-hybridized carbons (Fsp3) is 0.600. The van der Waals surface area contributed by atoms with Crippen molar-refractivity contribution < 1.29 is 19.1 Å². The second-order valence-electron chi connectivity index (χ2n) is 4.12. The molecule has 0 saturated carbocycles. The molecule has 1 saturated heterocycles. The Hall–Kier alpha value is -1.32. The van der Waals surface area contributed by atoms with Crippen molar-refractivity contribution in [2.75, 3.05) is 6.61 Å². The fourth-order valence-corrected chi connectivity index (χ4v) is 1.22. The Morgan fingerprint density at radius 1 is 1.57 bits per heavy atom. The molecule has 0 aromatic rings. The van der Waals surface area contributed by atoms with E-state index in [1.807, 2.05) is 13.8 Å². The topological polar surface area (TPSA) is 52.6 Å². The molecule has 0 aromatic carbocycles. The summed E-state index contributed by atoms with van der Waals surface area (Å²) in [4.78, 5) is 22.5. The number of hydrogen-bond donors (Lipinski definition) is 0. The van der Waals surface area contributed by atoms with Crippen LogP contribution in [-0.2, 0) is 19.1 Å². The summed E-state index contributed by atoms with van der Waals surface area (Å²) in [6.45, 7) is 8.72. The summed E-state index contributed by atoms with van der Waals surface area (Å²) in [5.74, 6) is -1.11. The number of rotatable bonds is 2. The number of esters is 2. The van der Waals surface area contributed by atoms with Crippen molar-refractivity contribution in [1.29, 1.82) is 0 Å². The lowest BCUT2D eigenvalue weighted by Crippen LogP contribution is -2.47. The molecule has 0 bridgehead atoms. The summed E-state index contributed by atoms with van der Waals surface area (Å²) >= 11 is 0. The fourth-order valence-electron chi connectivity index (χ4n) is 1.22. The zero-order chi connectivity index (χ0) is 11.0. The van der Waals surface area contributed by atoms with Crippen molar-refractivity contribution in [3.05, 3.63) is 12.7 Å². The summed E-state index contributed by atoms with van der Waals surface area (Å²) < 4.78 is 9.92. The molecule has 14 heavy (non-hydrogen) atoms. The molecule has 0 aliphatic carbocycles. The van der Waals surface area contributed by atoms with Crippen LogP contribution in [0.3, 0.4) is 0 Å². The van der Waals surface area contributed by atoms with Crippen molar-refractivity contribution >= 4 is 11.9 Å². The highest BCUT2D eigenvalue weighted by atomic mass is 16.6. The van der Waals surface area contributed by atoms with Crippen LogP contribution in [0.5, 0.6) is 0 Å². The minimum atomic E-state index is -1.21. The van der Waals surface area contributed by atoms with Gasteiger partial charge in [0.25, 0.3) is 0 Å². The van der Waals surface area contributed by atoms with Crippen LogP contribution in [0.2, 0.25) is 0 Å². The second kappa shape index (κ2) is 3.12. The summed E-state index contributed by atoms with van der Waals surface area (Å²) in [6, 6.07) is 0. The average Bonchev–Trinajstić information content (AvgIpc) is 2.30. The summed E-state index contributed by atoms with van der Waals surface area (Å²) in [6.07, 6.45) is 1.03. The molecule has 1 unspecified atom stereocenters. The van der Waals surface area contributed by atoms with E-state index in [2.05, 4.69) is 6.58 Å². The smallest absolute Gasteiger partial charge is 0.351 e. The largest absolute Gasteiger partial charge is 0.462 e. The lowest BCUT2D eigenvalue weighted by molar-refractivity contribution is -0.173. The molecule has 0 radical (unpaired) electrons. The van der Waals surface area contributed by atoms with Crippen molar-refractivity contribution in [3.63, 3.8) is 0 Å². The van der Waals surface area contributed by atoms with Crippen molar-refractivity contribution in [3.8, 4) is 0 Å². The molecule has 4 nitrogen and oxygen atoms in total. The number of carbonyl (C=O) groups excluding carboxylic acids is 2. The Morgan fingerprint density at radius 2 is 2.14 bits per heavy atom. The Kier molecular flexibility index (Phi) is 2.39. The summed E-state index contributed by atoms with van der Waals surface area (Å²) in [7, 11) is 0. The quantitative estimate of drug-likeness (QED) is 0.491. The molecular weight excluding hydrogens is 184 g/mol. The Morgan fingerprint density at radius 3 is 2.50 bits per heavy atom. The van der Waals surface area contributed by atoms with Crippen LogP contribution in [0.15, 0.2) is 12.7 Å². The van der Waals surface area contributed by atoms with Crippen molar-refractivity contribution in [1.82, 2.24) is 0 Å². The van der Waals surface area contributed by atoms with Gasteiger partial charge in [0.05, 0.1) is 0 Å². The van der Waals surface area contributed by atoms with Crippen LogP contribution in [0, 0.1) is 5.41 Å². The number of hydrogen-bond acceptors (Lipinski definition) is 4. The van der Waals surface area contributed by atoms with Gasteiger partial charge in [-0.3, -0.25) is 0 Å². The lowest BCUT2D eigenvalue weighted by atomic mass is 9.78. The highest BCUT2D eigenvalue weighted by Crippen LogP contribution is 2.40. The molecule has 0 aromatic heterocycles. The van der Waals surface area contributed by atoms with Gasteiger partial charge < -0.3 is 9.47 Å². The van der Waals surface area contributed by atoms with Gasteiger partial charge in [-0.1, -0.05) is 20.4 Å². The molecule has 1 aliphatic heterocycles. The van der Waals surface area contributed by atoms with Gasteiger partial charge in [0.2, 0.25) is 5.60 Å². The molecule has 1 heterocycles. The molecule has 4 heteroatoms. The third-order valence-corrected chi connectivity index (χ3v) is 2.72. The van der Waals surface area contributed by atoms with Crippen LogP contribution in [0.25, 0.3) is 0 Å². The first-order chi connectivity index (χ1) is 6.33. The van der Waals surface area contributed by atoms with E-state index in [1.54, 1.807) is 6.92 Å².